The second kappa shape index (κ2) is 8.32. The summed E-state index contributed by atoms with van der Waals surface area (Å²) in [6.45, 7) is 8.45. The van der Waals surface area contributed by atoms with Crippen LogP contribution in [-0.4, -0.2) is 62.7 Å². The highest BCUT2D eigenvalue weighted by Gasteiger charge is 2.43. The van der Waals surface area contributed by atoms with Gasteiger partial charge in [-0.2, -0.15) is 0 Å². The summed E-state index contributed by atoms with van der Waals surface area (Å²) in [5.41, 5.74) is 8.74. The molecule has 1 aromatic rings. The van der Waals surface area contributed by atoms with Crippen molar-refractivity contribution in [2.45, 2.75) is 37.5 Å². The average molecular weight is 331 g/mol. The molecule has 3 N–H and O–H groups in total. The minimum Gasteiger partial charge on any atom is -0.399 e. The van der Waals surface area contributed by atoms with Gasteiger partial charge in [0.05, 0.1) is 0 Å². The number of likely N-dealkylation sites (N-methyl/N-ethyl adjacent to an activating group) is 1. The molecule has 3 rings (SSSR count). The third-order valence-electron chi connectivity index (χ3n) is 5.79. The quantitative estimate of drug-likeness (QED) is 0.539. The number of nitrogen functional groups attached to an aromatic ring is 1. The molecule has 1 aliphatic heterocycles. The Morgan fingerprint density at radius 2 is 1.83 bits per heavy atom. The fourth-order valence-corrected chi connectivity index (χ4v) is 3.88. The van der Waals surface area contributed by atoms with Gasteiger partial charge in [0.25, 0.3) is 0 Å². The lowest BCUT2D eigenvalue weighted by molar-refractivity contribution is 0.153. The smallest absolute Gasteiger partial charge is 0.0316 e. The summed E-state index contributed by atoms with van der Waals surface area (Å²) in [7, 11) is 2.22. The molecule has 134 valence electrons. The van der Waals surface area contributed by atoms with Gasteiger partial charge in [0.15, 0.2) is 0 Å². The van der Waals surface area contributed by atoms with Crippen LogP contribution in [0.25, 0.3) is 0 Å². The molecule has 1 aromatic carbocycles. The van der Waals surface area contributed by atoms with Crippen LogP contribution < -0.4 is 11.1 Å². The van der Waals surface area contributed by atoms with Crippen molar-refractivity contribution in [3.8, 4) is 0 Å². The lowest BCUT2D eigenvalue weighted by atomic mass is 9.90. The standard InChI is InChI=1S/C20H34N4/c1-23-13-15-24(16-14-23)12-4-11-22-10-3-7-20(8-9-20)18-5-2-6-19(21)17-18/h2,5-6,17,22H,3-4,7-16,21H2,1H3. The maximum absolute atomic E-state index is 5.94. The molecule has 2 aliphatic rings. The molecule has 1 saturated carbocycles. The van der Waals surface area contributed by atoms with Crippen LogP contribution in [0, 0.1) is 0 Å². The fraction of sp³-hybridized carbons (Fsp3) is 0.700. The van der Waals surface area contributed by atoms with E-state index in [1.54, 1.807) is 0 Å². The van der Waals surface area contributed by atoms with Crippen LogP contribution >= 0.6 is 0 Å². The number of piperazine rings is 1. The molecule has 0 bridgehead atoms. The molecule has 24 heavy (non-hydrogen) atoms. The molecule has 1 aliphatic carbocycles. The van der Waals surface area contributed by atoms with Crippen molar-refractivity contribution in [3.63, 3.8) is 0 Å². The lowest BCUT2D eigenvalue weighted by Crippen LogP contribution is -2.45. The van der Waals surface area contributed by atoms with Crippen molar-refractivity contribution >= 4 is 5.69 Å². The van der Waals surface area contributed by atoms with E-state index in [0.29, 0.717) is 5.41 Å². The first-order chi connectivity index (χ1) is 11.7. The summed E-state index contributed by atoms with van der Waals surface area (Å²) in [4.78, 5) is 5.02. The highest BCUT2D eigenvalue weighted by molar-refractivity contribution is 5.45. The Morgan fingerprint density at radius 3 is 2.54 bits per heavy atom. The van der Waals surface area contributed by atoms with Crippen LogP contribution in [-0.2, 0) is 5.41 Å². The molecule has 1 heterocycles. The molecule has 2 fully saturated rings. The van der Waals surface area contributed by atoms with E-state index in [1.807, 2.05) is 6.07 Å². The number of anilines is 1. The monoisotopic (exact) mass is 330 g/mol. The SMILES string of the molecule is CN1CCN(CCCNCCCC2(c3cccc(N)c3)CC2)CC1. The number of nitrogens with zero attached hydrogens (tertiary/aromatic N) is 2. The van der Waals surface area contributed by atoms with Gasteiger partial charge in [-0.05, 0) is 81.9 Å². The van der Waals surface area contributed by atoms with Crippen molar-refractivity contribution in [2.75, 3.05) is 58.6 Å². The molecular formula is C20H34N4. The summed E-state index contributed by atoms with van der Waals surface area (Å²) < 4.78 is 0. The van der Waals surface area contributed by atoms with Crippen molar-refractivity contribution in [1.82, 2.24) is 15.1 Å². The van der Waals surface area contributed by atoms with Crippen molar-refractivity contribution in [3.05, 3.63) is 29.8 Å². The average Bonchev–Trinajstić information content (AvgIpc) is 3.37. The first kappa shape index (κ1) is 17.7. The first-order valence-corrected chi connectivity index (χ1v) is 9.66. The molecule has 0 aromatic heterocycles. The number of benzene rings is 1. The number of nitrogens with one attached hydrogen (secondary N) is 1. The van der Waals surface area contributed by atoms with Crippen molar-refractivity contribution in [2.24, 2.45) is 0 Å². The van der Waals surface area contributed by atoms with Crippen LogP contribution in [0.2, 0.25) is 0 Å². The van der Waals surface area contributed by atoms with Crippen LogP contribution in [0.5, 0.6) is 0 Å². The predicted octanol–water partition coefficient (Wildman–Crippen LogP) is 2.31. The predicted molar refractivity (Wildman–Crippen MR) is 102 cm³/mol. The molecule has 4 nitrogen and oxygen atoms in total. The Balaban J connectivity index is 1.25. The largest absolute Gasteiger partial charge is 0.399 e. The molecule has 0 amide bonds. The first-order valence-electron chi connectivity index (χ1n) is 9.66. The highest BCUT2D eigenvalue weighted by atomic mass is 15.2. The number of hydrogen-bond donors (Lipinski definition) is 2. The Bertz CT molecular complexity index is 504. The zero-order valence-corrected chi connectivity index (χ0v) is 15.3. The van der Waals surface area contributed by atoms with Gasteiger partial charge in [0, 0.05) is 31.9 Å². The lowest BCUT2D eigenvalue weighted by Gasteiger charge is -2.32. The minimum absolute atomic E-state index is 0.441. The maximum atomic E-state index is 5.94. The molecule has 0 radical (unpaired) electrons. The van der Waals surface area contributed by atoms with Crippen LogP contribution in [0.15, 0.2) is 24.3 Å². The summed E-state index contributed by atoms with van der Waals surface area (Å²) in [5.74, 6) is 0. The van der Waals surface area contributed by atoms with Crippen LogP contribution in [0.3, 0.4) is 0 Å². The van der Waals surface area contributed by atoms with E-state index in [9.17, 15) is 0 Å². The highest BCUT2D eigenvalue weighted by Crippen LogP contribution is 2.51. The van der Waals surface area contributed by atoms with E-state index in [0.717, 1.165) is 18.8 Å². The second-order valence-corrected chi connectivity index (χ2v) is 7.76. The molecular weight excluding hydrogens is 296 g/mol. The summed E-state index contributed by atoms with van der Waals surface area (Å²) >= 11 is 0. The zero-order valence-electron chi connectivity index (χ0n) is 15.3. The molecule has 0 unspecified atom stereocenters. The molecule has 1 saturated heterocycles. The van der Waals surface area contributed by atoms with Crippen LogP contribution in [0.1, 0.15) is 37.7 Å². The number of nitrogens with two attached hydrogens (primary N) is 1. The van der Waals surface area contributed by atoms with Gasteiger partial charge in [0.2, 0.25) is 0 Å². The van der Waals surface area contributed by atoms with Gasteiger partial charge in [-0.15, -0.1) is 0 Å². The Labute approximate surface area is 147 Å². The number of hydrogen-bond acceptors (Lipinski definition) is 4. The zero-order chi connectivity index (χ0) is 16.8. The van der Waals surface area contributed by atoms with E-state index in [1.165, 1.54) is 70.4 Å². The third-order valence-corrected chi connectivity index (χ3v) is 5.79. The number of rotatable bonds is 9. The van der Waals surface area contributed by atoms with E-state index in [2.05, 4.69) is 40.4 Å². The van der Waals surface area contributed by atoms with E-state index in [-0.39, 0.29) is 0 Å². The van der Waals surface area contributed by atoms with E-state index in [4.69, 9.17) is 5.73 Å². The molecule has 0 spiro atoms. The summed E-state index contributed by atoms with van der Waals surface area (Å²) in [6.07, 6.45) is 6.50. The van der Waals surface area contributed by atoms with Crippen molar-refractivity contribution in [1.29, 1.82) is 0 Å². The van der Waals surface area contributed by atoms with E-state index >= 15 is 0 Å². The van der Waals surface area contributed by atoms with Crippen LogP contribution in [0.4, 0.5) is 5.69 Å². The minimum atomic E-state index is 0.441. The van der Waals surface area contributed by atoms with Gasteiger partial charge in [-0.3, -0.25) is 0 Å². The fourth-order valence-electron chi connectivity index (χ4n) is 3.88. The topological polar surface area (TPSA) is 44.5 Å². The Hall–Kier alpha value is -1.10. The van der Waals surface area contributed by atoms with Crippen molar-refractivity contribution < 1.29 is 0 Å². The molecule has 0 atom stereocenters. The van der Waals surface area contributed by atoms with Gasteiger partial charge < -0.3 is 20.9 Å². The van der Waals surface area contributed by atoms with Gasteiger partial charge >= 0.3 is 0 Å². The Kier molecular flexibility index (Phi) is 6.14. The summed E-state index contributed by atoms with van der Waals surface area (Å²) in [6, 6.07) is 8.52. The van der Waals surface area contributed by atoms with E-state index < -0.39 is 0 Å². The molecule has 4 heteroatoms. The summed E-state index contributed by atoms with van der Waals surface area (Å²) in [5, 5.41) is 3.64. The maximum Gasteiger partial charge on any atom is 0.0316 e. The van der Waals surface area contributed by atoms with Gasteiger partial charge in [0.1, 0.15) is 0 Å². The second-order valence-electron chi connectivity index (χ2n) is 7.76. The van der Waals surface area contributed by atoms with Gasteiger partial charge in [-0.25, -0.2) is 0 Å². The Morgan fingerprint density at radius 1 is 1.08 bits per heavy atom. The van der Waals surface area contributed by atoms with Gasteiger partial charge in [-0.1, -0.05) is 12.1 Å². The normalized spacial score (nSPS) is 21.0. The third kappa shape index (κ3) is 4.95.